The largest absolute Gasteiger partial charge is 0.496 e. The molecule has 5 heteroatoms. The number of nitrogens with one attached hydrogen (secondary N) is 1. The zero-order chi connectivity index (χ0) is 20.1. The van der Waals surface area contributed by atoms with Gasteiger partial charge in [-0.3, -0.25) is 9.59 Å². The average Bonchev–Trinajstić information content (AvgIpc) is 3.50. The van der Waals surface area contributed by atoms with Crippen molar-refractivity contribution in [3.63, 3.8) is 0 Å². The summed E-state index contributed by atoms with van der Waals surface area (Å²) in [5, 5.41) is 12.5. The fraction of sp³-hybridized carbons (Fsp3) is 0.391. The van der Waals surface area contributed by atoms with E-state index in [1.54, 1.807) is 13.2 Å². The van der Waals surface area contributed by atoms with Crippen molar-refractivity contribution in [1.29, 1.82) is 0 Å². The van der Waals surface area contributed by atoms with E-state index in [0.717, 1.165) is 40.7 Å². The number of carbonyl (C=O) groups excluding carboxylic acids is 1. The van der Waals surface area contributed by atoms with Crippen LogP contribution in [0.15, 0.2) is 36.4 Å². The first-order valence-corrected chi connectivity index (χ1v) is 9.70. The van der Waals surface area contributed by atoms with E-state index >= 15 is 0 Å². The number of benzene rings is 2. The number of methoxy groups -OCH3 is 1. The Hall–Kier alpha value is -2.66. The van der Waals surface area contributed by atoms with Crippen LogP contribution in [-0.2, 0) is 22.6 Å². The highest BCUT2D eigenvalue weighted by molar-refractivity contribution is 5.83. The van der Waals surface area contributed by atoms with Crippen LogP contribution in [0.1, 0.15) is 36.0 Å². The minimum absolute atomic E-state index is 0.0281. The van der Waals surface area contributed by atoms with E-state index in [1.165, 1.54) is 0 Å². The molecule has 1 aliphatic carbocycles. The standard InChI is InChI=1S/C23H27NO4/c1-15-3-5-18(14-24-10-9-21(25)17-6-7-17)19(11-15)20-12-16(13-23(26)27)4-8-22(20)28-2/h3-5,8,11-12,17,24H,6-7,9-10,13-14H2,1-2H3,(H,26,27). The number of carbonyl (C=O) groups is 2. The van der Waals surface area contributed by atoms with Crippen LogP contribution in [0.3, 0.4) is 0 Å². The number of aryl methyl sites for hydroxylation is 1. The van der Waals surface area contributed by atoms with Crippen molar-refractivity contribution in [2.24, 2.45) is 5.92 Å². The van der Waals surface area contributed by atoms with E-state index in [2.05, 4.69) is 23.5 Å². The summed E-state index contributed by atoms with van der Waals surface area (Å²) in [5.41, 5.74) is 4.85. The van der Waals surface area contributed by atoms with Gasteiger partial charge >= 0.3 is 5.97 Å². The minimum Gasteiger partial charge on any atom is -0.496 e. The second kappa shape index (κ2) is 9.02. The van der Waals surface area contributed by atoms with E-state index in [9.17, 15) is 9.59 Å². The Morgan fingerprint density at radius 1 is 1.14 bits per heavy atom. The van der Waals surface area contributed by atoms with Gasteiger partial charge in [0, 0.05) is 31.0 Å². The molecule has 1 fully saturated rings. The van der Waals surface area contributed by atoms with Gasteiger partial charge in [0.25, 0.3) is 0 Å². The molecule has 3 rings (SSSR count). The summed E-state index contributed by atoms with van der Waals surface area (Å²) in [7, 11) is 1.62. The molecule has 148 valence electrons. The van der Waals surface area contributed by atoms with E-state index in [0.29, 0.717) is 37.0 Å². The number of ketones is 1. The smallest absolute Gasteiger partial charge is 0.307 e. The fourth-order valence-corrected chi connectivity index (χ4v) is 3.39. The van der Waals surface area contributed by atoms with Crippen molar-refractivity contribution in [2.75, 3.05) is 13.7 Å². The normalized spacial score (nSPS) is 13.4. The second-order valence-electron chi connectivity index (χ2n) is 7.43. The van der Waals surface area contributed by atoms with Gasteiger partial charge < -0.3 is 15.2 Å². The molecule has 28 heavy (non-hydrogen) atoms. The van der Waals surface area contributed by atoms with Crippen LogP contribution >= 0.6 is 0 Å². The van der Waals surface area contributed by atoms with Crippen molar-refractivity contribution >= 4 is 11.8 Å². The first-order valence-electron chi connectivity index (χ1n) is 9.70. The summed E-state index contributed by atoms with van der Waals surface area (Å²) >= 11 is 0. The quantitative estimate of drug-likeness (QED) is 0.613. The predicted octanol–water partition coefficient (Wildman–Crippen LogP) is 3.76. The molecule has 1 aliphatic rings. The van der Waals surface area contributed by atoms with Gasteiger partial charge in [0.05, 0.1) is 13.5 Å². The third-order valence-electron chi connectivity index (χ3n) is 5.07. The van der Waals surface area contributed by atoms with Gasteiger partial charge in [0.1, 0.15) is 11.5 Å². The SMILES string of the molecule is COc1ccc(CC(=O)O)cc1-c1cc(C)ccc1CNCCC(=O)C1CC1. The molecule has 0 bridgehead atoms. The number of hydrogen-bond donors (Lipinski definition) is 2. The molecule has 0 radical (unpaired) electrons. The lowest BCUT2D eigenvalue weighted by Gasteiger charge is -2.16. The molecule has 0 atom stereocenters. The van der Waals surface area contributed by atoms with Crippen molar-refractivity contribution in [2.45, 2.75) is 39.2 Å². The van der Waals surface area contributed by atoms with Crippen LogP contribution in [0, 0.1) is 12.8 Å². The van der Waals surface area contributed by atoms with E-state index < -0.39 is 5.97 Å². The van der Waals surface area contributed by atoms with Crippen LogP contribution in [0.5, 0.6) is 5.75 Å². The average molecular weight is 381 g/mol. The first-order chi connectivity index (χ1) is 13.5. The van der Waals surface area contributed by atoms with Crippen molar-refractivity contribution < 1.29 is 19.4 Å². The predicted molar refractivity (Wildman–Crippen MR) is 109 cm³/mol. The Morgan fingerprint density at radius 3 is 2.61 bits per heavy atom. The monoisotopic (exact) mass is 381 g/mol. The maximum Gasteiger partial charge on any atom is 0.307 e. The Balaban J connectivity index is 1.81. The van der Waals surface area contributed by atoms with E-state index in [4.69, 9.17) is 9.84 Å². The van der Waals surface area contributed by atoms with Crippen LogP contribution < -0.4 is 10.1 Å². The molecule has 0 aliphatic heterocycles. The zero-order valence-corrected chi connectivity index (χ0v) is 16.5. The molecule has 0 amide bonds. The van der Waals surface area contributed by atoms with Crippen LogP contribution in [-0.4, -0.2) is 30.5 Å². The molecule has 0 heterocycles. The minimum atomic E-state index is -0.859. The maximum absolute atomic E-state index is 11.9. The van der Waals surface area contributed by atoms with Gasteiger partial charge in [-0.25, -0.2) is 0 Å². The van der Waals surface area contributed by atoms with Crippen LogP contribution in [0.4, 0.5) is 0 Å². The topological polar surface area (TPSA) is 75.6 Å². The number of hydrogen-bond acceptors (Lipinski definition) is 4. The number of ether oxygens (including phenoxy) is 1. The lowest BCUT2D eigenvalue weighted by atomic mass is 9.94. The van der Waals surface area contributed by atoms with Gasteiger partial charge in [-0.2, -0.15) is 0 Å². The van der Waals surface area contributed by atoms with E-state index in [1.807, 2.05) is 19.1 Å². The van der Waals surface area contributed by atoms with Crippen molar-refractivity contribution in [3.8, 4) is 16.9 Å². The second-order valence-corrected chi connectivity index (χ2v) is 7.43. The van der Waals surface area contributed by atoms with Gasteiger partial charge in [-0.15, -0.1) is 0 Å². The van der Waals surface area contributed by atoms with Crippen molar-refractivity contribution in [1.82, 2.24) is 5.32 Å². The molecule has 0 spiro atoms. The molecule has 0 aromatic heterocycles. The Bertz CT molecular complexity index is 871. The molecule has 0 unspecified atom stereocenters. The number of rotatable bonds is 10. The number of carboxylic acids is 1. The lowest BCUT2D eigenvalue weighted by molar-refractivity contribution is -0.136. The molecule has 2 N–H and O–H groups in total. The number of carboxylic acid groups (broad SMARTS) is 1. The molecule has 0 saturated heterocycles. The summed E-state index contributed by atoms with van der Waals surface area (Å²) in [6.07, 6.45) is 2.64. The summed E-state index contributed by atoms with van der Waals surface area (Å²) in [6.45, 7) is 3.33. The molecule has 2 aromatic carbocycles. The van der Waals surface area contributed by atoms with Gasteiger partial charge in [0.15, 0.2) is 0 Å². The molecule has 1 saturated carbocycles. The van der Waals surface area contributed by atoms with Gasteiger partial charge in [-0.05, 0) is 48.6 Å². The summed E-state index contributed by atoms with van der Waals surface area (Å²) < 4.78 is 5.53. The molecule has 5 nitrogen and oxygen atoms in total. The number of Topliss-reactive ketones (excluding diaryl/α,β-unsaturated/α-hetero) is 1. The molecule has 2 aromatic rings. The van der Waals surface area contributed by atoms with Crippen LogP contribution in [0.25, 0.3) is 11.1 Å². The summed E-state index contributed by atoms with van der Waals surface area (Å²) in [6, 6.07) is 11.7. The van der Waals surface area contributed by atoms with Gasteiger partial charge in [-0.1, -0.05) is 29.8 Å². The highest BCUT2D eigenvalue weighted by Gasteiger charge is 2.28. The Morgan fingerprint density at radius 2 is 1.93 bits per heavy atom. The molecular formula is C23H27NO4. The lowest BCUT2D eigenvalue weighted by Crippen LogP contribution is -2.19. The highest BCUT2D eigenvalue weighted by Crippen LogP contribution is 2.34. The van der Waals surface area contributed by atoms with Gasteiger partial charge in [0.2, 0.25) is 0 Å². The Labute approximate surface area is 165 Å². The zero-order valence-electron chi connectivity index (χ0n) is 16.5. The number of aliphatic carboxylic acids is 1. The van der Waals surface area contributed by atoms with E-state index in [-0.39, 0.29) is 6.42 Å². The third kappa shape index (κ3) is 5.20. The summed E-state index contributed by atoms with van der Waals surface area (Å²) in [5.74, 6) is 0.519. The summed E-state index contributed by atoms with van der Waals surface area (Å²) in [4.78, 5) is 23.0. The Kier molecular flexibility index (Phi) is 6.47. The maximum atomic E-state index is 11.9. The molecular weight excluding hydrogens is 354 g/mol. The first kappa shape index (κ1) is 20.1. The highest BCUT2D eigenvalue weighted by atomic mass is 16.5. The van der Waals surface area contributed by atoms with Crippen LogP contribution in [0.2, 0.25) is 0 Å². The fourth-order valence-electron chi connectivity index (χ4n) is 3.39. The van der Waals surface area contributed by atoms with Crippen molar-refractivity contribution in [3.05, 3.63) is 53.1 Å². The third-order valence-corrected chi connectivity index (χ3v) is 5.07.